The highest BCUT2D eigenvalue weighted by Gasteiger charge is 2.16. The predicted octanol–water partition coefficient (Wildman–Crippen LogP) is 3.58. The Kier molecular flexibility index (Phi) is 5.11. The van der Waals surface area contributed by atoms with E-state index in [4.69, 9.17) is 14.2 Å². The molecule has 1 N–H and O–H groups in total. The average molecular weight is 315 g/mol. The Morgan fingerprint density at radius 2 is 1.57 bits per heavy atom. The number of hydrogen-bond donors (Lipinski definition) is 1. The molecule has 5 nitrogen and oxygen atoms in total. The van der Waals surface area contributed by atoms with Crippen LogP contribution in [0.2, 0.25) is 0 Å². The number of carbonyl (C=O) groups is 1. The maximum atomic E-state index is 12.5. The van der Waals surface area contributed by atoms with Crippen molar-refractivity contribution in [3.05, 3.63) is 47.0 Å². The molecule has 5 heteroatoms. The summed E-state index contributed by atoms with van der Waals surface area (Å²) in [6, 6.07) is 9.04. The SMILES string of the molecule is COc1cc(NC(=O)c2cccc(C)c2C)cc(OC)c1OC. The number of carbonyl (C=O) groups excluding carboxylic acids is 1. The lowest BCUT2D eigenvalue weighted by atomic mass is 10.0. The lowest BCUT2D eigenvalue weighted by molar-refractivity contribution is 0.102. The number of hydrogen-bond acceptors (Lipinski definition) is 4. The molecule has 0 atom stereocenters. The fraction of sp³-hybridized carbons (Fsp3) is 0.278. The van der Waals surface area contributed by atoms with Crippen molar-refractivity contribution in [3.8, 4) is 17.2 Å². The van der Waals surface area contributed by atoms with Gasteiger partial charge in [0.2, 0.25) is 5.75 Å². The van der Waals surface area contributed by atoms with Gasteiger partial charge in [0, 0.05) is 23.4 Å². The van der Waals surface area contributed by atoms with Crippen molar-refractivity contribution in [3.63, 3.8) is 0 Å². The zero-order valence-corrected chi connectivity index (χ0v) is 14.0. The van der Waals surface area contributed by atoms with Crippen molar-refractivity contribution in [2.24, 2.45) is 0 Å². The van der Waals surface area contributed by atoms with E-state index >= 15 is 0 Å². The van der Waals surface area contributed by atoms with Crippen molar-refractivity contribution in [2.75, 3.05) is 26.6 Å². The maximum absolute atomic E-state index is 12.5. The lowest BCUT2D eigenvalue weighted by Gasteiger charge is -2.15. The second kappa shape index (κ2) is 7.05. The van der Waals surface area contributed by atoms with Gasteiger partial charge in [-0.05, 0) is 31.0 Å². The zero-order valence-electron chi connectivity index (χ0n) is 14.0. The largest absolute Gasteiger partial charge is 0.493 e. The summed E-state index contributed by atoms with van der Waals surface area (Å²) in [4.78, 5) is 12.5. The van der Waals surface area contributed by atoms with E-state index in [9.17, 15) is 4.79 Å². The van der Waals surface area contributed by atoms with Gasteiger partial charge >= 0.3 is 0 Å². The summed E-state index contributed by atoms with van der Waals surface area (Å²) in [6.07, 6.45) is 0. The van der Waals surface area contributed by atoms with Crippen molar-refractivity contribution < 1.29 is 19.0 Å². The summed E-state index contributed by atoms with van der Waals surface area (Å²) in [5.74, 6) is 1.28. The minimum atomic E-state index is -0.180. The van der Waals surface area contributed by atoms with Crippen LogP contribution in [0, 0.1) is 13.8 Å². The second-order valence-electron chi connectivity index (χ2n) is 5.12. The van der Waals surface area contributed by atoms with E-state index in [-0.39, 0.29) is 5.91 Å². The number of rotatable bonds is 5. The van der Waals surface area contributed by atoms with Crippen LogP contribution in [0.3, 0.4) is 0 Å². The molecule has 122 valence electrons. The highest BCUT2D eigenvalue weighted by molar-refractivity contribution is 6.05. The van der Waals surface area contributed by atoms with Gasteiger partial charge < -0.3 is 19.5 Å². The van der Waals surface area contributed by atoms with Crippen molar-refractivity contribution in [1.29, 1.82) is 0 Å². The molecule has 1 amide bonds. The van der Waals surface area contributed by atoms with Crippen LogP contribution < -0.4 is 19.5 Å². The summed E-state index contributed by atoms with van der Waals surface area (Å²) in [5.41, 5.74) is 3.24. The summed E-state index contributed by atoms with van der Waals surface area (Å²) in [5, 5.41) is 2.87. The van der Waals surface area contributed by atoms with Gasteiger partial charge in [-0.25, -0.2) is 0 Å². The normalized spacial score (nSPS) is 10.1. The average Bonchev–Trinajstić information content (AvgIpc) is 2.56. The Balaban J connectivity index is 2.36. The van der Waals surface area contributed by atoms with Gasteiger partial charge in [-0.1, -0.05) is 12.1 Å². The van der Waals surface area contributed by atoms with Crippen LogP contribution in [0.4, 0.5) is 5.69 Å². The number of methoxy groups -OCH3 is 3. The number of amides is 1. The van der Waals surface area contributed by atoms with Crippen LogP contribution in [-0.4, -0.2) is 27.2 Å². The Bertz CT molecular complexity index is 700. The Morgan fingerprint density at radius 1 is 0.957 bits per heavy atom. The van der Waals surface area contributed by atoms with Crippen LogP contribution in [0.1, 0.15) is 21.5 Å². The van der Waals surface area contributed by atoms with Gasteiger partial charge in [0.05, 0.1) is 21.3 Å². The van der Waals surface area contributed by atoms with E-state index in [0.717, 1.165) is 11.1 Å². The molecule has 0 aliphatic rings. The molecular weight excluding hydrogens is 294 g/mol. The molecule has 23 heavy (non-hydrogen) atoms. The monoisotopic (exact) mass is 315 g/mol. The summed E-state index contributed by atoms with van der Waals surface area (Å²) in [7, 11) is 4.61. The quantitative estimate of drug-likeness (QED) is 0.916. The fourth-order valence-corrected chi connectivity index (χ4v) is 2.35. The van der Waals surface area contributed by atoms with Crippen molar-refractivity contribution in [2.45, 2.75) is 13.8 Å². The number of aryl methyl sites for hydroxylation is 1. The first kappa shape index (κ1) is 16.7. The number of ether oxygens (including phenoxy) is 3. The molecule has 0 radical (unpaired) electrons. The topological polar surface area (TPSA) is 56.8 Å². The third kappa shape index (κ3) is 3.39. The van der Waals surface area contributed by atoms with E-state index in [1.165, 1.54) is 21.3 Å². The van der Waals surface area contributed by atoms with E-state index < -0.39 is 0 Å². The van der Waals surface area contributed by atoms with Crippen LogP contribution in [0.25, 0.3) is 0 Å². The minimum Gasteiger partial charge on any atom is -0.493 e. The molecule has 0 aliphatic carbocycles. The molecule has 2 rings (SSSR count). The number of benzene rings is 2. The Hall–Kier alpha value is -2.69. The van der Waals surface area contributed by atoms with E-state index in [0.29, 0.717) is 28.5 Å². The third-order valence-electron chi connectivity index (χ3n) is 3.77. The molecule has 0 spiro atoms. The van der Waals surface area contributed by atoms with Crippen LogP contribution in [-0.2, 0) is 0 Å². The Labute approximate surface area is 136 Å². The van der Waals surface area contributed by atoms with Crippen LogP contribution in [0.5, 0.6) is 17.2 Å². The molecule has 0 heterocycles. The molecule has 0 saturated heterocycles. The van der Waals surface area contributed by atoms with Gasteiger partial charge in [-0.3, -0.25) is 4.79 Å². The molecule has 2 aromatic rings. The van der Waals surface area contributed by atoms with E-state index in [2.05, 4.69) is 5.32 Å². The lowest BCUT2D eigenvalue weighted by Crippen LogP contribution is -2.14. The minimum absolute atomic E-state index is 0.180. The Morgan fingerprint density at radius 3 is 2.09 bits per heavy atom. The molecule has 0 aliphatic heterocycles. The highest BCUT2D eigenvalue weighted by atomic mass is 16.5. The summed E-state index contributed by atoms with van der Waals surface area (Å²) >= 11 is 0. The standard InChI is InChI=1S/C18H21NO4/c1-11-7-6-8-14(12(11)2)18(20)19-13-9-15(21-3)17(23-5)16(10-13)22-4/h6-10H,1-5H3,(H,19,20). The van der Waals surface area contributed by atoms with Gasteiger partial charge in [0.15, 0.2) is 11.5 Å². The first-order valence-corrected chi connectivity index (χ1v) is 7.19. The predicted molar refractivity (Wildman–Crippen MR) is 90.0 cm³/mol. The van der Waals surface area contributed by atoms with E-state index in [1.54, 1.807) is 18.2 Å². The summed E-state index contributed by atoms with van der Waals surface area (Å²) < 4.78 is 15.9. The molecule has 0 unspecified atom stereocenters. The highest BCUT2D eigenvalue weighted by Crippen LogP contribution is 2.40. The molecule has 0 bridgehead atoms. The molecule has 0 saturated carbocycles. The molecule has 0 aromatic heterocycles. The van der Waals surface area contributed by atoms with Gasteiger partial charge in [0.1, 0.15) is 0 Å². The molecular formula is C18H21NO4. The smallest absolute Gasteiger partial charge is 0.255 e. The number of nitrogens with one attached hydrogen (secondary N) is 1. The maximum Gasteiger partial charge on any atom is 0.255 e. The first-order valence-electron chi connectivity index (χ1n) is 7.19. The van der Waals surface area contributed by atoms with Gasteiger partial charge in [0.25, 0.3) is 5.91 Å². The number of anilines is 1. The third-order valence-corrected chi connectivity index (χ3v) is 3.77. The summed E-state index contributed by atoms with van der Waals surface area (Å²) in [6.45, 7) is 3.91. The first-order chi connectivity index (χ1) is 11.0. The van der Waals surface area contributed by atoms with E-state index in [1.807, 2.05) is 26.0 Å². The van der Waals surface area contributed by atoms with Gasteiger partial charge in [-0.2, -0.15) is 0 Å². The van der Waals surface area contributed by atoms with Gasteiger partial charge in [-0.15, -0.1) is 0 Å². The fourth-order valence-electron chi connectivity index (χ4n) is 2.35. The zero-order chi connectivity index (χ0) is 17.0. The second-order valence-corrected chi connectivity index (χ2v) is 5.12. The molecule has 2 aromatic carbocycles. The molecule has 0 fully saturated rings. The van der Waals surface area contributed by atoms with Crippen LogP contribution >= 0.6 is 0 Å². The van der Waals surface area contributed by atoms with Crippen molar-refractivity contribution >= 4 is 11.6 Å². The van der Waals surface area contributed by atoms with Crippen molar-refractivity contribution in [1.82, 2.24) is 0 Å². The van der Waals surface area contributed by atoms with Crippen LogP contribution in [0.15, 0.2) is 30.3 Å².